The third-order valence-electron chi connectivity index (χ3n) is 4.52. The van der Waals surface area contributed by atoms with Gasteiger partial charge in [0.2, 0.25) is 0 Å². The minimum atomic E-state index is -0.366. The van der Waals surface area contributed by atoms with Crippen molar-refractivity contribution in [3.8, 4) is 0 Å². The molecule has 2 aromatic carbocycles. The Kier molecular flexibility index (Phi) is 4.46. The number of rotatable bonds is 4. The Labute approximate surface area is 156 Å². The standard InChI is InChI=1S/C21H18N2O4/c1-13-9-17(23-27-13)12-22-20(24)15-7-8-18-16(10-15)11-19(26-21(18)25)14-5-3-2-4-6-14/h2-10,19H,11-12H2,1H3,(H,22,24). The number of carbonyl (C=O) groups is 2. The zero-order valence-corrected chi connectivity index (χ0v) is 14.8. The molecule has 0 spiro atoms. The summed E-state index contributed by atoms with van der Waals surface area (Å²) in [4.78, 5) is 24.8. The van der Waals surface area contributed by atoms with Crippen molar-refractivity contribution in [2.24, 2.45) is 0 Å². The van der Waals surface area contributed by atoms with Gasteiger partial charge in [-0.25, -0.2) is 4.79 Å². The smallest absolute Gasteiger partial charge is 0.339 e. The Bertz CT molecular complexity index is 994. The molecular formula is C21H18N2O4. The predicted octanol–water partition coefficient (Wildman–Crippen LogP) is 3.37. The minimum Gasteiger partial charge on any atom is -0.454 e. The molecule has 1 atom stereocenters. The van der Waals surface area contributed by atoms with Crippen molar-refractivity contribution < 1.29 is 18.8 Å². The molecule has 6 heteroatoms. The van der Waals surface area contributed by atoms with E-state index in [9.17, 15) is 9.59 Å². The second-order valence-electron chi connectivity index (χ2n) is 6.49. The Hall–Kier alpha value is -3.41. The summed E-state index contributed by atoms with van der Waals surface area (Å²) < 4.78 is 10.5. The molecule has 1 N–H and O–H groups in total. The maximum absolute atomic E-state index is 12.5. The molecule has 1 aliphatic heterocycles. The van der Waals surface area contributed by atoms with Crippen LogP contribution in [0.2, 0.25) is 0 Å². The molecule has 1 aliphatic rings. The van der Waals surface area contributed by atoms with Gasteiger partial charge in [0.15, 0.2) is 0 Å². The Balaban J connectivity index is 1.52. The molecule has 1 unspecified atom stereocenters. The van der Waals surface area contributed by atoms with Crippen molar-refractivity contribution in [2.75, 3.05) is 0 Å². The fourth-order valence-corrected chi connectivity index (χ4v) is 3.16. The predicted molar refractivity (Wildman–Crippen MR) is 97.2 cm³/mol. The van der Waals surface area contributed by atoms with Gasteiger partial charge in [-0.05, 0) is 36.2 Å². The van der Waals surface area contributed by atoms with E-state index < -0.39 is 0 Å². The third-order valence-corrected chi connectivity index (χ3v) is 4.52. The normalized spacial score (nSPS) is 15.7. The first-order valence-electron chi connectivity index (χ1n) is 8.69. The van der Waals surface area contributed by atoms with E-state index in [2.05, 4.69) is 10.5 Å². The molecule has 0 radical (unpaired) electrons. The van der Waals surface area contributed by atoms with Gasteiger partial charge in [-0.3, -0.25) is 4.79 Å². The van der Waals surface area contributed by atoms with Crippen LogP contribution in [0.4, 0.5) is 0 Å². The van der Waals surface area contributed by atoms with Crippen LogP contribution in [0.25, 0.3) is 0 Å². The lowest BCUT2D eigenvalue weighted by Gasteiger charge is -2.25. The van der Waals surface area contributed by atoms with Gasteiger partial charge in [0.1, 0.15) is 17.6 Å². The number of ether oxygens (including phenoxy) is 1. The second-order valence-corrected chi connectivity index (χ2v) is 6.49. The highest BCUT2D eigenvalue weighted by Crippen LogP contribution is 2.31. The fourth-order valence-electron chi connectivity index (χ4n) is 3.16. The number of nitrogens with one attached hydrogen (secondary N) is 1. The van der Waals surface area contributed by atoms with Gasteiger partial charge in [-0.15, -0.1) is 0 Å². The van der Waals surface area contributed by atoms with Crippen LogP contribution in [-0.4, -0.2) is 17.0 Å². The molecule has 6 nitrogen and oxygen atoms in total. The topological polar surface area (TPSA) is 81.4 Å². The molecule has 1 amide bonds. The number of nitrogens with zero attached hydrogens (tertiary/aromatic N) is 1. The van der Waals surface area contributed by atoms with Crippen molar-refractivity contribution in [2.45, 2.75) is 26.0 Å². The molecule has 136 valence electrons. The Morgan fingerprint density at radius 1 is 1.19 bits per heavy atom. The summed E-state index contributed by atoms with van der Waals surface area (Å²) in [6, 6.07) is 16.4. The van der Waals surface area contributed by atoms with Gasteiger partial charge >= 0.3 is 5.97 Å². The highest BCUT2D eigenvalue weighted by atomic mass is 16.5. The highest BCUT2D eigenvalue weighted by molar-refractivity contribution is 5.97. The van der Waals surface area contributed by atoms with Gasteiger partial charge < -0.3 is 14.6 Å². The number of esters is 1. The molecule has 4 rings (SSSR count). The number of aromatic nitrogens is 1. The van der Waals surface area contributed by atoms with E-state index in [1.54, 1.807) is 31.2 Å². The first-order chi connectivity index (χ1) is 13.1. The van der Waals surface area contributed by atoms with E-state index in [-0.39, 0.29) is 24.5 Å². The molecule has 0 aliphatic carbocycles. The highest BCUT2D eigenvalue weighted by Gasteiger charge is 2.28. The summed E-state index contributed by atoms with van der Waals surface area (Å²) in [6.07, 6.45) is 0.192. The number of fused-ring (bicyclic) bond motifs is 1. The fraction of sp³-hybridized carbons (Fsp3) is 0.190. The SMILES string of the molecule is Cc1cc(CNC(=O)c2ccc3c(c2)CC(c2ccccc2)OC3=O)no1. The summed E-state index contributed by atoms with van der Waals surface area (Å²) >= 11 is 0. The third kappa shape index (κ3) is 3.60. The molecular weight excluding hydrogens is 344 g/mol. The van der Waals surface area contributed by atoms with E-state index in [0.29, 0.717) is 29.0 Å². The van der Waals surface area contributed by atoms with Crippen LogP contribution in [0.3, 0.4) is 0 Å². The number of cyclic esters (lactones) is 1. The average molecular weight is 362 g/mol. The van der Waals surface area contributed by atoms with Gasteiger partial charge in [0.25, 0.3) is 5.91 Å². The monoisotopic (exact) mass is 362 g/mol. The van der Waals surface area contributed by atoms with Crippen LogP contribution in [0.1, 0.15) is 49.4 Å². The lowest BCUT2D eigenvalue weighted by atomic mass is 9.93. The number of hydrogen-bond acceptors (Lipinski definition) is 5. The molecule has 3 aromatic rings. The van der Waals surface area contributed by atoms with Crippen molar-refractivity contribution >= 4 is 11.9 Å². The maximum atomic E-state index is 12.5. The largest absolute Gasteiger partial charge is 0.454 e. The van der Waals surface area contributed by atoms with Crippen LogP contribution >= 0.6 is 0 Å². The molecule has 0 bridgehead atoms. The van der Waals surface area contributed by atoms with Gasteiger partial charge in [0, 0.05) is 18.1 Å². The molecule has 27 heavy (non-hydrogen) atoms. The van der Waals surface area contributed by atoms with Gasteiger partial charge in [-0.1, -0.05) is 35.5 Å². The summed E-state index contributed by atoms with van der Waals surface area (Å²) in [5.74, 6) is 0.0993. The van der Waals surface area contributed by atoms with Crippen molar-refractivity contribution in [3.05, 3.63) is 88.3 Å². The van der Waals surface area contributed by atoms with Crippen molar-refractivity contribution in [1.29, 1.82) is 0 Å². The molecule has 1 aromatic heterocycles. The number of benzene rings is 2. The lowest BCUT2D eigenvalue weighted by molar-refractivity contribution is 0.0252. The van der Waals surface area contributed by atoms with E-state index in [1.165, 1.54) is 0 Å². The quantitative estimate of drug-likeness (QED) is 0.720. The lowest BCUT2D eigenvalue weighted by Crippen LogP contribution is -2.25. The maximum Gasteiger partial charge on any atom is 0.339 e. The molecule has 0 fully saturated rings. The van der Waals surface area contributed by atoms with E-state index >= 15 is 0 Å². The van der Waals surface area contributed by atoms with E-state index in [4.69, 9.17) is 9.26 Å². The number of carbonyl (C=O) groups excluding carboxylic acids is 2. The van der Waals surface area contributed by atoms with Crippen LogP contribution in [-0.2, 0) is 17.7 Å². The van der Waals surface area contributed by atoms with Crippen molar-refractivity contribution in [1.82, 2.24) is 10.5 Å². The average Bonchev–Trinajstić information content (AvgIpc) is 3.11. The van der Waals surface area contributed by atoms with E-state index in [1.807, 2.05) is 30.3 Å². The summed E-state index contributed by atoms with van der Waals surface area (Å²) in [5.41, 5.74) is 3.41. The first kappa shape index (κ1) is 17.0. The first-order valence-corrected chi connectivity index (χ1v) is 8.69. The minimum absolute atomic E-state index is 0.228. The van der Waals surface area contributed by atoms with Gasteiger partial charge in [-0.2, -0.15) is 0 Å². The van der Waals surface area contributed by atoms with Gasteiger partial charge in [0.05, 0.1) is 12.1 Å². The number of aryl methyl sites for hydroxylation is 1. The van der Waals surface area contributed by atoms with Crippen LogP contribution < -0.4 is 5.32 Å². The number of amides is 1. The Morgan fingerprint density at radius 3 is 2.74 bits per heavy atom. The summed E-state index contributed by atoms with van der Waals surface area (Å²) in [6.45, 7) is 2.08. The van der Waals surface area contributed by atoms with Crippen LogP contribution in [0, 0.1) is 6.92 Å². The molecule has 0 saturated heterocycles. The zero-order chi connectivity index (χ0) is 18.8. The molecule has 0 saturated carbocycles. The molecule has 2 heterocycles. The number of hydrogen-bond donors (Lipinski definition) is 1. The van der Waals surface area contributed by atoms with Crippen LogP contribution in [0.5, 0.6) is 0 Å². The Morgan fingerprint density at radius 2 is 2.00 bits per heavy atom. The van der Waals surface area contributed by atoms with Crippen LogP contribution in [0.15, 0.2) is 59.1 Å². The van der Waals surface area contributed by atoms with Crippen molar-refractivity contribution in [3.63, 3.8) is 0 Å². The second kappa shape index (κ2) is 7.07. The summed E-state index contributed by atoms with van der Waals surface area (Å²) in [7, 11) is 0. The summed E-state index contributed by atoms with van der Waals surface area (Å²) in [5, 5.41) is 6.67. The van der Waals surface area contributed by atoms with E-state index in [0.717, 1.165) is 11.1 Å². The zero-order valence-electron chi connectivity index (χ0n) is 14.8.